The maximum absolute atomic E-state index is 14.1. The smallest absolute Gasteiger partial charge is 0.337 e. The van der Waals surface area contributed by atoms with Gasteiger partial charge < -0.3 is 19.9 Å². The van der Waals surface area contributed by atoms with Gasteiger partial charge in [-0.15, -0.1) is 0 Å². The molecule has 5 rings (SSSR count). The lowest BCUT2D eigenvalue weighted by molar-refractivity contribution is -0.140. The number of aromatic carboxylic acids is 1. The third kappa shape index (κ3) is 3.84. The van der Waals surface area contributed by atoms with E-state index in [2.05, 4.69) is 5.32 Å². The van der Waals surface area contributed by atoms with Crippen molar-refractivity contribution in [1.82, 2.24) is 14.8 Å². The van der Waals surface area contributed by atoms with E-state index in [0.717, 1.165) is 6.42 Å². The quantitative estimate of drug-likeness (QED) is 0.578. The highest BCUT2D eigenvalue weighted by Gasteiger charge is 2.55. The van der Waals surface area contributed by atoms with E-state index in [0.29, 0.717) is 17.3 Å². The van der Waals surface area contributed by atoms with Crippen molar-refractivity contribution in [1.29, 1.82) is 0 Å². The second-order valence-electron chi connectivity index (χ2n) is 8.54. The van der Waals surface area contributed by atoms with Crippen LogP contribution in [0.5, 0.6) is 0 Å². The average molecular weight is 470 g/mol. The molecule has 2 aliphatic rings. The summed E-state index contributed by atoms with van der Waals surface area (Å²) in [5, 5.41) is 12.8. The van der Waals surface area contributed by atoms with Crippen molar-refractivity contribution in [3.05, 3.63) is 70.6 Å². The van der Waals surface area contributed by atoms with E-state index < -0.39 is 17.8 Å². The molecule has 2 N–H and O–H groups in total. The van der Waals surface area contributed by atoms with Crippen molar-refractivity contribution in [2.24, 2.45) is 5.92 Å². The number of carboxylic acids is 1. The fraction of sp³-hybridized carbons (Fsp3) is 0.292. The number of nitrogens with zero attached hydrogens (tertiary/aromatic N) is 2. The standard InChI is InChI=1S/C24H21ClFN3O4/c25-17-6-3-4-13(22(17)26)10-27-23(31)20-9-14-8-19(14)29(20)21(30)12-28-11-16(24(32)33)15-5-1-2-7-18(15)28/h1-7,11,14,19-20H,8-10,12H2,(H,27,31)(H,32,33)/t14-,19-,20+/m1/s1. The van der Waals surface area contributed by atoms with Gasteiger partial charge in [0, 0.05) is 35.2 Å². The fourth-order valence-electron chi connectivity index (χ4n) is 4.81. The number of rotatable bonds is 6. The van der Waals surface area contributed by atoms with E-state index in [9.17, 15) is 23.9 Å². The zero-order valence-corrected chi connectivity index (χ0v) is 18.3. The summed E-state index contributed by atoms with van der Waals surface area (Å²) in [6.45, 7) is -0.0903. The van der Waals surface area contributed by atoms with Gasteiger partial charge in [0.15, 0.2) is 0 Å². The molecule has 1 aliphatic heterocycles. The molecule has 2 amide bonds. The lowest BCUT2D eigenvalue weighted by Gasteiger charge is -2.27. The van der Waals surface area contributed by atoms with Crippen LogP contribution >= 0.6 is 11.6 Å². The summed E-state index contributed by atoms with van der Waals surface area (Å²) in [5.74, 6) is -1.93. The van der Waals surface area contributed by atoms with Crippen LogP contribution in [0, 0.1) is 11.7 Å². The zero-order chi connectivity index (χ0) is 23.3. The van der Waals surface area contributed by atoms with E-state index >= 15 is 0 Å². The number of aromatic nitrogens is 1. The maximum Gasteiger partial charge on any atom is 0.337 e. The third-order valence-corrected chi connectivity index (χ3v) is 6.80. The van der Waals surface area contributed by atoms with Gasteiger partial charge >= 0.3 is 5.97 Å². The SMILES string of the molecule is O=C(O)c1cn(CC(=O)N2[C@@H]3C[C@@H]3C[C@H]2C(=O)NCc2cccc(Cl)c2F)c2ccccc12. The summed E-state index contributed by atoms with van der Waals surface area (Å²) in [4.78, 5) is 39.4. The number of para-hydroxylation sites is 1. The molecule has 170 valence electrons. The van der Waals surface area contributed by atoms with Gasteiger partial charge in [0.05, 0.1) is 10.6 Å². The van der Waals surface area contributed by atoms with Crippen molar-refractivity contribution in [3.63, 3.8) is 0 Å². The number of carbonyl (C=O) groups excluding carboxylic acids is 2. The number of fused-ring (bicyclic) bond motifs is 2. The molecule has 1 saturated heterocycles. The molecule has 2 heterocycles. The Morgan fingerprint density at radius 1 is 1.12 bits per heavy atom. The van der Waals surface area contributed by atoms with Crippen molar-refractivity contribution in [3.8, 4) is 0 Å². The summed E-state index contributed by atoms with van der Waals surface area (Å²) in [6, 6.07) is 11.0. The van der Waals surface area contributed by atoms with Crippen molar-refractivity contribution in [2.45, 2.75) is 38.0 Å². The molecule has 7 nitrogen and oxygen atoms in total. The lowest BCUT2D eigenvalue weighted by atomic mass is 10.1. The van der Waals surface area contributed by atoms with Crippen LogP contribution in [0.4, 0.5) is 4.39 Å². The number of carbonyl (C=O) groups is 3. The van der Waals surface area contributed by atoms with Gasteiger partial charge in [-0.05, 0) is 30.9 Å². The van der Waals surface area contributed by atoms with Gasteiger partial charge in [0.1, 0.15) is 18.4 Å². The molecule has 0 unspecified atom stereocenters. The molecule has 9 heteroatoms. The summed E-state index contributed by atoms with van der Waals surface area (Å²) in [5.41, 5.74) is 1.05. The van der Waals surface area contributed by atoms with Crippen LogP contribution in [-0.4, -0.2) is 44.4 Å². The molecule has 0 spiro atoms. The first-order valence-corrected chi connectivity index (χ1v) is 11.1. The number of hydrogen-bond acceptors (Lipinski definition) is 3. The van der Waals surface area contributed by atoms with Crippen LogP contribution in [-0.2, 0) is 22.7 Å². The number of benzene rings is 2. The Kier molecular flexibility index (Phi) is 5.32. The number of piperidine rings is 1. The van der Waals surface area contributed by atoms with Gasteiger partial charge in [0.25, 0.3) is 0 Å². The second-order valence-corrected chi connectivity index (χ2v) is 8.95. The van der Waals surface area contributed by atoms with Crippen molar-refractivity contribution >= 4 is 40.3 Å². The third-order valence-electron chi connectivity index (χ3n) is 6.50. The normalized spacial score (nSPS) is 21.2. The fourth-order valence-corrected chi connectivity index (χ4v) is 5.00. The number of halogens is 2. The molecule has 1 aromatic heterocycles. The molecule has 2 fully saturated rings. The van der Waals surface area contributed by atoms with Crippen LogP contribution < -0.4 is 5.32 Å². The number of nitrogens with one attached hydrogen (secondary N) is 1. The Morgan fingerprint density at radius 2 is 1.91 bits per heavy atom. The Labute approximate surface area is 193 Å². The Bertz CT molecular complexity index is 1290. The van der Waals surface area contributed by atoms with E-state index in [-0.39, 0.29) is 53.0 Å². The van der Waals surface area contributed by atoms with Crippen LogP contribution in [0.15, 0.2) is 48.7 Å². The van der Waals surface area contributed by atoms with Gasteiger partial charge in [-0.25, -0.2) is 9.18 Å². The molecule has 3 atom stereocenters. The Balaban J connectivity index is 1.33. The number of likely N-dealkylation sites (tertiary alicyclic amines) is 1. The predicted octanol–water partition coefficient (Wildman–Crippen LogP) is 3.44. The molecule has 0 radical (unpaired) electrons. The molecule has 2 aromatic carbocycles. The number of amides is 2. The molecular weight excluding hydrogens is 449 g/mol. The van der Waals surface area contributed by atoms with E-state index in [1.807, 2.05) is 0 Å². The molecule has 3 aromatic rings. The van der Waals surface area contributed by atoms with Crippen LogP contribution in [0.3, 0.4) is 0 Å². The highest BCUT2D eigenvalue weighted by molar-refractivity contribution is 6.30. The summed E-state index contributed by atoms with van der Waals surface area (Å²) >= 11 is 5.81. The van der Waals surface area contributed by atoms with Crippen LogP contribution in [0.2, 0.25) is 5.02 Å². The van der Waals surface area contributed by atoms with Gasteiger partial charge in [-0.2, -0.15) is 0 Å². The number of hydrogen-bond donors (Lipinski definition) is 2. The van der Waals surface area contributed by atoms with E-state index in [4.69, 9.17) is 11.6 Å². The number of carboxylic acid groups (broad SMARTS) is 1. The molecule has 1 aliphatic carbocycles. The molecule has 1 saturated carbocycles. The minimum Gasteiger partial charge on any atom is -0.478 e. The topological polar surface area (TPSA) is 91.6 Å². The first-order valence-electron chi connectivity index (χ1n) is 10.7. The van der Waals surface area contributed by atoms with Crippen LogP contribution in [0.1, 0.15) is 28.8 Å². The van der Waals surface area contributed by atoms with Crippen LogP contribution in [0.25, 0.3) is 10.9 Å². The van der Waals surface area contributed by atoms with E-state index in [1.165, 1.54) is 12.3 Å². The minimum absolute atomic E-state index is 0.0110. The van der Waals surface area contributed by atoms with Gasteiger partial charge in [-0.3, -0.25) is 9.59 Å². The second kappa shape index (κ2) is 8.19. The first-order chi connectivity index (χ1) is 15.8. The maximum atomic E-state index is 14.1. The monoisotopic (exact) mass is 469 g/mol. The van der Waals surface area contributed by atoms with E-state index in [1.54, 1.807) is 45.9 Å². The molecule has 0 bridgehead atoms. The Morgan fingerprint density at radius 3 is 2.70 bits per heavy atom. The summed E-state index contributed by atoms with van der Waals surface area (Å²) in [7, 11) is 0. The summed E-state index contributed by atoms with van der Waals surface area (Å²) in [6.07, 6.45) is 2.88. The van der Waals surface area contributed by atoms with Crippen molar-refractivity contribution in [2.75, 3.05) is 0 Å². The molecular formula is C24H21ClFN3O4. The van der Waals surface area contributed by atoms with Gasteiger partial charge in [0.2, 0.25) is 11.8 Å². The highest BCUT2D eigenvalue weighted by Crippen LogP contribution is 2.48. The lowest BCUT2D eigenvalue weighted by Crippen LogP contribution is -2.48. The predicted molar refractivity (Wildman–Crippen MR) is 119 cm³/mol. The Hall–Kier alpha value is -3.39. The summed E-state index contributed by atoms with van der Waals surface area (Å²) < 4.78 is 15.8. The zero-order valence-electron chi connectivity index (χ0n) is 17.5. The van der Waals surface area contributed by atoms with Gasteiger partial charge in [-0.1, -0.05) is 41.9 Å². The first kappa shape index (κ1) is 21.5. The highest BCUT2D eigenvalue weighted by atomic mass is 35.5. The van der Waals surface area contributed by atoms with Crippen molar-refractivity contribution < 1.29 is 23.9 Å². The minimum atomic E-state index is -1.06. The largest absolute Gasteiger partial charge is 0.478 e. The molecule has 33 heavy (non-hydrogen) atoms. The average Bonchev–Trinajstić information content (AvgIpc) is 3.30.